The quantitative estimate of drug-likeness (QED) is 0.906. The molecule has 2 unspecified atom stereocenters. The average Bonchev–Trinajstić information content (AvgIpc) is 2.94. The molecule has 1 heterocycles. The Morgan fingerprint density at radius 3 is 2.00 bits per heavy atom. The predicted molar refractivity (Wildman–Crippen MR) is 85.2 cm³/mol. The van der Waals surface area contributed by atoms with Gasteiger partial charge in [0.05, 0.1) is 0 Å². The van der Waals surface area contributed by atoms with Gasteiger partial charge in [-0.25, -0.2) is 0 Å². The topological polar surface area (TPSA) is 23.5 Å². The molecule has 0 aromatic heterocycles. The normalized spacial score (nSPS) is 19.3. The molecule has 2 rings (SSSR count). The molecule has 0 spiro atoms. The fourth-order valence-corrected chi connectivity index (χ4v) is 3.64. The highest BCUT2D eigenvalue weighted by atomic mass is 16.3. The molecular weight excluding hydrogens is 246 g/mol. The van der Waals surface area contributed by atoms with Crippen LogP contribution in [0.2, 0.25) is 0 Å². The molecule has 1 aromatic rings. The molecular formula is C18H29NO. The van der Waals surface area contributed by atoms with Crippen LogP contribution in [0.15, 0.2) is 6.07 Å². The van der Waals surface area contributed by atoms with E-state index in [1.165, 1.54) is 53.7 Å². The van der Waals surface area contributed by atoms with Crippen molar-refractivity contribution in [3.63, 3.8) is 0 Å². The van der Waals surface area contributed by atoms with Crippen LogP contribution < -0.4 is 0 Å². The van der Waals surface area contributed by atoms with Crippen molar-refractivity contribution in [2.24, 2.45) is 5.92 Å². The minimum atomic E-state index is 0.257. The molecule has 2 heteroatoms. The van der Waals surface area contributed by atoms with Crippen molar-refractivity contribution >= 4 is 0 Å². The summed E-state index contributed by atoms with van der Waals surface area (Å²) in [6, 6.07) is 2.65. The van der Waals surface area contributed by atoms with E-state index >= 15 is 0 Å². The van der Waals surface area contributed by atoms with Crippen molar-refractivity contribution in [1.82, 2.24) is 4.90 Å². The summed E-state index contributed by atoms with van der Waals surface area (Å²) in [7, 11) is 0. The zero-order valence-corrected chi connectivity index (χ0v) is 13.7. The zero-order valence-electron chi connectivity index (χ0n) is 13.7. The van der Waals surface area contributed by atoms with E-state index in [4.69, 9.17) is 0 Å². The van der Waals surface area contributed by atoms with Gasteiger partial charge in [-0.15, -0.1) is 0 Å². The molecule has 1 fully saturated rings. The molecule has 20 heavy (non-hydrogen) atoms. The number of hydrogen-bond acceptors (Lipinski definition) is 2. The van der Waals surface area contributed by atoms with Crippen LogP contribution in [0.4, 0.5) is 0 Å². The molecule has 0 aliphatic carbocycles. The van der Waals surface area contributed by atoms with Crippen LogP contribution in [0.1, 0.15) is 53.6 Å². The van der Waals surface area contributed by atoms with Crippen LogP contribution in [-0.2, 0) is 0 Å². The van der Waals surface area contributed by atoms with Crippen molar-refractivity contribution in [3.05, 3.63) is 33.9 Å². The summed E-state index contributed by atoms with van der Waals surface area (Å²) < 4.78 is 0. The Hall–Kier alpha value is -0.860. The number of benzene rings is 1. The van der Waals surface area contributed by atoms with Crippen LogP contribution >= 0.6 is 0 Å². The van der Waals surface area contributed by atoms with Crippen LogP contribution in [0.3, 0.4) is 0 Å². The first kappa shape index (κ1) is 15.5. The SMILES string of the molecule is Cc1cc(C)c(C)c(C(C(C)CO)N2CCCC2)c1C. The zero-order chi connectivity index (χ0) is 14.9. The van der Waals surface area contributed by atoms with Crippen molar-refractivity contribution in [2.75, 3.05) is 19.7 Å². The maximum atomic E-state index is 9.72. The number of aliphatic hydroxyl groups excluding tert-OH is 1. The predicted octanol–water partition coefficient (Wildman–Crippen LogP) is 3.69. The molecule has 0 saturated carbocycles. The number of likely N-dealkylation sites (tertiary alicyclic amines) is 1. The third kappa shape index (κ3) is 2.77. The van der Waals surface area contributed by atoms with Gasteiger partial charge in [-0.05, 0) is 87.4 Å². The highest BCUT2D eigenvalue weighted by molar-refractivity contribution is 5.46. The Kier molecular flexibility index (Phi) is 4.87. The van der Waals surface area contributed by atoms with Crippen molar-refractivity contribution < 1.29 is 5.11 Å². The number of aryl methyl sites for hydroxylation is 2. The van der Waals surface area contributed by atoms with Crippen LogP contribution in [0, 0.1) is 33.6 Å². The van der Waals surface area contributed by atoms with Gasteiger partial charge in [0.25, 0.3) is 0 Å². The third-order valence-corrected chi connectivity index (χ3v) is 5.08. The van der Waals surface area contributed by atoms with E-state index in [0.29, 0.717) is 6.04 Å². The lowest BCUT2D eigenvalue weighted by Crippen LogP contribution is -2.33. The third-order valence-electron chi connectivity index (χ3n) is 5.08. The van der Waals surface area contributed by atoms with Gasteiger partial charge in [0, 0.05) is 12.6 Å². The molecule has 0 bridgehead atoms. The van der Waals surface area contributed by atoms with E-state index in [9.17, 15) is 5.11 Å². The van der Waals surface area contributed by atoms with Gasteiger partial charge >= 0.3 is 0 Å². The first-order chi connectivity index (χ1) is 9.47. The Morgan fingerprint density at radius 1 is 1.05 bits per heavy atom. The Balaban J connectivity index is 2.53. The van der Waals surface area contributed by atoms with E-state index in [1.807, 2.05) is 0 Å². The average molecular weight is 275 g/mol. The number of aliphatic hydroxyl groups is 1. The Bertz CT molecular complexity index is 449. The van der Waals surface area contributed by atoms with Crippen molar-refractivity contribution in [1.29, 1.82) is 0 Å². The number of nitrogens with zero attached hydrogens (tertiary/aromatic N) is 1. The molecule has 2 nitrogen and oxygen atoms in total. The van der Waals surface area contributed by atoms with E-state index < -0.39 is 0 Å². The summed E-state index contributed by atoms with van der Waals surface area (Å²) >= 11 is 0. The molecule has 1 aliphatic heterocycles. The fourth-order valence-electron chi connectivity index (χ4n) is 3.64. The van der Waals surface area contributed by atoms with Crippen LogP contribution in [0.5, 0.6) is 0 Å². The van der Waals surface area contributed by atoms with E-state index in [2.05, 4.69) is 45.6 Å². The first-order valence-electron chi connectivity index (χ1n) is 7.89. The smallest absolute Gasteiger partial charge is 0.0474 e. The molecule has 112 valence electrons. The van der Waals surface area contributed by atoms with E-state index in [1.54, 1.807) is 0 Å². The summed E-state index contributed by atoms with van der Waals surface area (Å²) in [4.78, 5) is 2.58. The van der Waals surface area contributed by atoms with Crippen molar-refractivity contribution in [3.8, 4) is 0 Å². The van der Waals surface area contributed by atoms with Gasteiger partial charge in [0.15, 0.2) is 0 Å². The standard InChI is InChI=1S/C18H29NO/c1-12-10-13(2)16(5)17(15(12)4)18(14(3)11-20)19-8-6-7-9-19/h10,14,18,20H,6-9,11H2,1-5H3. The number of hydrogen-bond donors (Lipinski definition) is 1. The maximum absolute atomic E-state index is 9.72. The molecule has 1 saturated heterocycles. The maximum Gasteiger partial charge on any atom is 0.0474 e. The van der Waals surface area contributed by atoms with Gasteiger partial charge in [-0.2, -0.15) is 0 Å². The second kappa shape index (κ2) is 6.28. The monoisotopic (exact) mass is 275 g/mol. The van der Waals surface area contributed by atoms with Gasteiger partial charge in [0.2, 0.25) is 0 Å². The van der Waals surface area contributed by atoms with Gasteiger partial charge in [-0.3, -0.25) is 4.90 Å². The summed E-state index contributed by atoms with van der Waals surface area (Å²) in [6.07, 6.45) is 2.58. The second-order valence-corrected chi connectivity index (χ2v) is 6.52. The largest absolute Gasteiger partial charge is 0.396 e. The van der Waals surface area contributed by atoms with Gasteiger partial charge < -0.3 is 5.11 Å². The van der Waals surface area contributed by atoms with Gasteiger partial charge in [-0.1, -0.05) is 13.0 Å². The van der Waals surface area contributed by atoms with Crippen LogP contribution in [0.25, 0.3) is 0 Å². The number of rotatable bonds is 4. The van der Waals surface area contributed by atoms with Crippen molar-refractivity contribution in [2.45, 2.75) is 53.5 Å². The van der Waals surface area contributed by atoms with Crippen LogP contribution in [-0.4, -0.2) is 29.7 Å². The lowest BCUT2D eigenvalue weighted by molar-refractivity contribution is 0.125. The summed E-state index contributed by atoms with van der Waals surface area (Å²) in [6.45, 7) is 13.7. The summed E-state index contributed by atoms with van der Waals surface area (Å²) in [5.74, 6) is 0.284. The summed E-state index contributed by atoms with van der Waals surface area (Å²) in [5, 5.41) is 9.72. The lowest BCUT2D eigenvalue weighted by Gasteiger charge is -2.35. The molecule has 1 aromatic carbocycles. The fraction of sp³-hybridized carbons (Fsp3) is 0.667. The molecule has 1 aliphatic rings. The highest BCUT2D eigenvalue weighted by Crippen LogP contribution is 2.37. The summed E-state index contributed by atoms with van der Waals surface area (Å²) in [5.41, 5.74) is 7.02. The lowest BCUT2D eigenvalue weighted by atomic mass is 9.84. The second-order valence-electron chi connectivity index (χ2n) is 6.52. The molecule has 2 atom stereocenters. The Labute approximate surface area is 123 Å². The minimum Gasteiger partial charge on any atom is -0.396 e. The first-order valence-corrected chi connectivity index (χ1v) is 7.89. The Morgan fingerprint density at radius 2 is 1.55 bits per heavy atom. The van der Waals surface area contributed by atoms with E-state index in [-0.39, 0.29) is 12.5 Å². The minimum absolute atomic E-state index is 0.257. The molecule has 0 radical (unpaired) electrons. The highest BCUT2D eigenvalue weighted by Gasteiger charge is 2.30. The van der Waals surface area contributed by atoms with Gasteiger partial charge in [0.1, 0.15) is 0 Å². The van der Waals surface area contributed by atoms with E-state index in [0.717, 1.165) is 0 Å². The molecule has 1 N–H and O–H groups in total. The molecule has 0 amide bonds.